The summed E-state index contributed by atoms with van der Waals surface area (Å²) in [6.45, 7) is 1.88. The number of nitrogens with one attached hydrogen (secondary N) is 2. The molecule has 82 valence electrons. The molecule has 5 nitrogen and oxygen atoms in total. The molecule has 0 bridgehead atoms. The molecule has 0 amide bonds. The third-order valence-electron chi connectivity index (χ3n) is 2.82. The molecular weight excluding hydrogens is 204 g/mol. The Kier molecular flexibility index (Phi) is 2.11. The van der Waals surface area contributed by atoms with Gasteiger partial charge in [-0.1, -0.05) is 12.1 Å². The van der Waals surface area contributed by atoms with E-state index in [9.17, 15) is 5.11 Å². The number of benzene rings is 1. The normalized spacial score (nSPS) is 16.0. The second-order valence-electron chi connectivity index (χ2n) is 3.92. The molecule has 0 aliphatic carbocycles. The fourth-order valence-corrected chi connectivity index (χ4v) is 1.72. The number of aromatic hydroxyl groups is 1. The number of H-pyrrole nitrogens is 1. The van der Waals surface area contributed by atoms with Crippen LogP contribution in [0.3, 0.4) is 0 Å². The summed E-state index contributed by atoms with van der Waals surface area (Å²) in [5.74, 6) is 2.07. The van der Waals surface area contributed by atoms with Gasteiger partial charge in [0, 0.05) is 19.0 Å². The van der Waals surface area contributed by atoms with Crippen LogP contribution in [-0.4, -0.2) is 33.4 Å². The van der Waals surface area contributed by atoms with Gasteiger partial charge >= 0.3 is 0 Å². The van der Waals surface area contributed by atoms with Crippen molar-refractivity contribution in [3.05, 3.63) is 30.1 Å². The van der Waals surface area contributed by atoms with Gasteiger partial charge in [-0.3, -0.25) is 5.10 Å². The van der Waals surface area contributed by atoms with E-state index in [2.05, 4.69) is 20.5 Å². The molecule has 3 rings (SSSR count). The summed E-state index contributed by atoms with van der Waals surface area (Å²) in [4.78, 5) is 4.40. The van der Waals surface area contributed by atoms with E-state index in [4.69, 9.17) is 0 Å². The molecular formula is C11H12N4O. The Morgan fingerprint density at radius 3 is 2.75 bits per heavy atom. The van der Waals surface area contributed by atoms with Crippen LogP contribution < -0.4 is 5.32 Å². The third kappa shape index (κ3) is 1.45. The van der Waals surface area contributed by atoms with Crippen molar-refractivity contribution in [1.82, 2.24) is 20.5 Å². The van der Waals surface area contributed by atoms with Gasteiger partial charge in [0.05, 0.1) is 5.56 Å². The van der Waals surface area contributed by atoms with Crippen molar-refractivity contribution >= 4 is 0 Å². The lowest BCUT2D eigenvalue weighted by molar-refractivity contribution is 0.431. The minimum absolute atomic E-state index is 0.208. The monoisotopic (exact) mass is 216 g/mol. The molecule has 2 aromatic rings. The molecule has 0 unspecified atom stereocenters. The number of phenolic OH excluding ortho intramolecular Hbond substituents is 1. The highest BCUT2D eigenvalue weighted by atomic mass is 16.3. The van der Waals surface area contributed by atoms with E-state index in [0.29, 0.717) is 17.3 Å². The van der Waals surface area contributed by atoms with Crippen LogP contribution in [0.25, 0.3) is 11.4 Å². The molecule has 0 saturated carbocycles. The fraction of sp³-hybridized carbons (Fsp3) is 0.273. The molecule has 5 heteroatoms. The topological polar surface area (TPSA) is 73.8 Å². The maximum atomic E-state index is 9.68. The van der Waals surface area contributed by atoms with Gasteiger partial charge in [-0.15, -0.1) is 0 Å². The first-order valence-electron chi connectivity index (χ1n) is 5.26. The van der Waals surface area contributed by atoms with Gasteiger partial charge in [0.2, 0.25) is 0 Å². The summed E-state index contributed by atoms with van der Waals surface area (Å²) in [7, 11) is 0. The summed E-state index contributed by atoms with van der Waals surface area (Å²) in [6.07, 6.45) is 0. The average Bonchev–Trinajstić information content (AvgIpc) is 2.65. The zero-order valence-corrected chi connectivity index (χ0v) is 8.64. The van der Waals surface area contributed by atoms with Crippen molar-refractivity contribution in [1.29, 1.82) is 0 Å². The molecule has 2 heterocycles. The Labute approximate surface area is 92.5 Å². The molecule has 0 radical (unpaired) electrons. The molecule has 1 aromatic carbocycles. The summed E-state index contributed by atoms with van der Waals surface area (Å²) < 4.78 is 0. The predicted octanol–water partition coefficient (Wildman–Crippen LogP) is 0.864. The van der Waals surface area contributed by atoms with E-state index >= 15 is 0 Å². The molecule has 1 fully saturated rings. The van der Waals surface area contributed by atoms with E-state index < -0.39 is 0 Å². The zero-order chi connectivity index (χ0) is 11.0. The highest BCUT2D eigenvalue weighted by Crippen LogP contribution is 2.26. The number of aromatic nitrogens is 3. The standard InChI is InChI=1S/C11H12N4O/c16-9-4-2-1-3-8(9)11-13-10(14-15-11)7-5-12-6-7/h1-4,7,12,16H,5-6H2,(H,13,14,15). The number of phenols is 1. The average molecular weight is 216 g/mol. The van der Waals surface area contributed by atoms with E-state index in [1.54, 1.807) is 18.2 Å². The summed E-state index contributed by atoms with van der Waals surface area (Å²) in [5, 5.41) is 19.9. The highest BCUT2D eigenvalue weighted by molar-refractivity contribution is 5.62. The van der Waals surface area contributed by atoms with Crippen molar-refractivity contribution in [2.24, 2.45) is 0 Å². The first-order chi connectivity index (χ1) is 7.84. The number of aromatic amines is 1. The largest absolute Gasteiger partial charge is 0.507 e. The summed E-state index contributed by atoms with van der Waals surface area (Å²) in [6, 6.07) is 7.08. The maximum Gasteiger partial charge on any atom is 0.184 e. The minimum Gasteiger partial charge on any atom is -0.507 e. The molecule has 3 N–H and O–H groups in total. The summed E-state index contributed by atoms with van der Waals surface area (Å²) >= 11 is 0. The number of nitrogens with zero attached hydrogens (tertiary/aromatic N) is 2. The fourth-order valence-electron chi connectivity index (χ4n) is 1.72. The molecule has 1 aliphatic rings. The predicted molar refractivity (Wildman–Crippen MR) is 59.1 cm³/mol. The Morgan fingerprint density at radius 1 is 1.25 bits per heavy atom. The zero-order valence-electron chi connectivity index (χ0n) is 8.64. The lowest BCUT2D eigenvalue weighted by Gasteiger charge is -2.24. The number of rotatable bonds is 2. The molecule has 0 atom stereocenters. The number of hydrogen-bond donors (Lipinski definition) is 3. The first kappa shape index (κ1) is 9.35. The van der Waals surface area contributed by atoms with E-state index in [1.807, 2.05) is 6.07 Å². The third-order valence-corrected chi connectivity index (χ3v) is 2.82. The molecule has 1 aliphatic heterocycles. The minimum atomic E-state index is 0.208. The quantitative estimate of drug-likeness (QED) is 0.696. The van der Waals surface area contributed by atoms with Crippen LogP contribution >= 0.6 is 0 Å². The highest BCUT2D eigenvalue weighted by Gasteiger charge is 2.23. The van der Waals surface area contributed by atoms with Crippen LogP contribution in [0.15, 0.2) is 24.3 Å². The van der Waals surface area contributed by atoms with Crippen LogP contribution in [0.4, 0.5) is 0 Å². The smallest absolute Gasteiger partial charge is 0.184 e. The molecule has 16 heavy (non-hydrogen) atoms. The van der Waals surface area contributed by atoms with Crippen molar-refractivity contribution in [3.8, 4) is 17.1 Å². The van der Waals surface area contributed by atoms with Crippen molar-refractivity contribution in [2.45, 2.75) is 5.92 Å². The van der Waals surface area contributed by atoms with Crippen LogP contribution in [0.2, 0.25) is 0 Å². The molecule has 1 aromatic heterocycles. The van der Waals surface area contributed by atoms with Gasteiger partial charge in [0.1, 0.15) is 11.6 Å². The molecule has 1 saturated heterocycles. The Hall–Kier alpha value is -1.88. The van der Waals surface area contributed by atoms with E-state index in [0.717, 1.165) is 18.9 Å². The maximum absolute atomic E-state index is 9.68. The molecule has 0 spiro atoms. The second kappa shape index (κ2) is 3.61. The van der Waals surface area contributed by atoms with E-state index in [-0.39, 0.29) is 5.75 Å². The van der Waals surface area contributed by atoms with Crippen molar-refractivity contribution in [3.63, 3.8) is 0 Å². The second-order valence-corrected chi connectivity index (χ2v) is 3.92. The van der Waals surface area contributed by atoms with E-state index in [1.165, 1.54) is 0 Å². The summed E-state index contributed by atoms with van der Waals surface area (Å²) in [5.41, 5.74) is 0.664. The number of para-hydroxylation sites is 1. The van der Waals surface area contributed by atoms with Crippen LogP contribution in [0.5, 0.6) is 5.75 Å². The number of hydrogen-bond acceptors (Lipinski definition) is 4. The van der Waals surface area contributed by atoms with Crippen LogP contribution in [-0.2, 0) is 0 Å². The Morgan fingerprint density at radius 2 is 2.06 bits per heavy atom. The van der Waals surface area contributed by atoms with Crippen molar-refractivity contribution < 1.29 is 5.11 Å². The van der Waals surface area contributed by atoms with Crippen molar-refractivity contribution in [2.75, 3.05) is 13.1 Å². The van der Waals surface area contributed by atoms with Gasteiger partial charge in [-0.25, -0.2) is 4.98 Å². The van der Waals surface area contributed by atoms with Crippen LogP contribution in [0, 0.1) is 0 Å². The Bertz CT molecular complexity index is 504. The van der Waals surface area contributed by atoms with Gasteiger partial charge in [-0.05, 0) is 12.1 Å². The van der Waals surface area contributed by atoms with Gasteiger partial charge in [0.15, 0.2) is 5.82 Å². The van der Waals surface area contributed by atoms with Gasteiger partial charge < -0.3 is 10.4 Å². The van der Waals surface area contributed by atoms with Gasteiger partial charge in [0.25, 0.3) is 0 Å². The lowest BCUT2D eigenvalue weighted by atomic mass is 10.0. The Balaban J connectivity index is 1.95. The lowest BCUT2D eigenvalue weighted by Crippen LogP contribution is -2.40. The van der Waals surface area contributed by atoms with Gasteiger partial charge in [-0.2, -0.15) is 5.10 Å². The first-order valence-corrected chi connectivity index (χ1v) is 5.26. The van der Waals surface area contributed by atoms with Crippen LogP contribution in [0.1, 0.15) is 11.7 Å². The SMILES string of the molecule is Oc1ccccc1-c1n[nH]c(C2CNC2)n1.